The molecule has 3 rings (SSSR count). The van der Waals surface area contributed by atoms with Gasteiger partial charge in [-0.25, -0.2) is 4.98 Å². The van der Waals surface area contributed by atoms with E-state index in [1.165, 1.54) is 4.57 Å². The summed E-state index contributed by atoms with van der Waals surface area (Å²) < 4.78 is 7.72. The van der Waals surface area contributed by atoms with Crippen LogP contribution >= 0.6 is 15.9 Å². The largest absolute Gasteiger partial charge is 0.379 e. The fourth-order valence-electron chi connectivity index (χ4n) is 2.51. The van der Waals surface area contributed by atoms with Crippen molar-refractivity contribution in [2.45, 2.75) is 6.54 Å². The lowest BCUT2D eigenvalue weighted by Gasteiger charge is -2.26. The van der Waals surface area contributed by atoms with Crippen LogP contribution in [0.3, 0.4) is 0 Å². The second-order valence-electron chi connectivity index (χ2n) is 5.55. The number of nitrogens with zero attached hydrogens (tertiary/aromatic N) is 3. The molecule has 0 aliphatic carbocycles. The number of ether oxygens (including phenoxy) is 1. The van der Waals surface area contributed by atoms with E-state index in [4.69, 9.17) is 4.74 Å². The van der Waals surface area contributed by atoms with E-state index in [2.05, 4.69) is 31.1 Å². The minimum atomic E-state index is -0.0904. The monoisotopic (exact) mass is 378 g/mol. The third-order valence-electron chi connectivity index (χ3n) is 3.75. The molecule has 122 valence electrons. The van der Waals surface area contributed by atoms with E-state index in [9.17, 15) is 4.79 Å². The maximum absolute atomic E-state index is 12.1. The highest BCUT2D eigenvalue weighted by atomic mass is 79.9. The Labute approximate surface area is 143 Å². The zero-order valence-electron chi connectivity index (χ0n) is 13.0. The number of hydrogen-bond donors (Lipinski definition) is 1. The Morgan fingerprint density at radius 1 is 1.35 bits per heavy atom. The summed E-state index contributed by atoms with van der Waals surface area (Å²) in [5.74, 6) is 0.658. The molecule has 2 aromatic heterocycles. The SMILES string of the molecule is Cn1cc(Br)cc(Nc2ccc(CN3CCOCC3)cn2)c1=O. The zero-order valence-corrected chi connectivity index (χ0v) is 14.5. The van der Waals surface area contributed by atoms with Crippen molar-refractivity contribution in [3.8, 4) is 0 Å². The maximum atomic E-state index is 12.1. The number of morpholine rings is 1. The first-order valence-electron chi connectivity index (χ1n) is 7.50. The molecule has 0 aromatic carbocycles. The van der Waals surface area contributed by atoms with Gasteiger partial charge in [0, 0.05) is 43.5 Å². The smallest absolute Gasteiger partial charge is 0.274 e. The van der Waals surface area contributed by atoms with E-state index in [1.54, 1.807) is 19.3 Å². The van der Waals surface area contributed by atoms with Gasteiger partial charge < -0.3 is 14.6 Å². The summed E-state index contributed by atoms with van der Waals surface area (Å²) in [5.41, 5.74) is 1.56. The predicted molar refractivity (Wildman–Crippen MR) is 93.0 cm³/mol. The molecule has 6 nitrogen and oxygen atoms in total. The van der Waals surface area contributed by atoms with Crippen molar-refractivity contribution < 1.29 is 4.74 Å². The molecule has 0 bridgehead atoms. The van der Waals surface area contributed by atoms with Crippen LogP contribution in [0.4, 0.5) is 11.5 Å². The van der Waals surface area contributed by atoms with Crippen LogP contribution in [0, 0.1) is 0 Å². The number of hydrogen-bond acceptors (Lipinski definition) is 5. The van der Waals surface area contributed by atoms with Gasteiger partial charge in [-0.2, -0.15) is 0 Å². The molecule has 23 heavy (non-hydrogen) atoms. The van der Waals surface area contributed by atoms with Crippen LogP contribution < -0.4 is 10.9 Å². The van der Waals surface area contributed by atoms with Gasteiger partial charge in [-0.3, -0.25) is 9.69 Å². The third-order valence-corrected chi connectivity index (χ3v) is 4.18. The number of aryl methyl sites for hydroxylation is 1. The summed E-state index contributed by atoms with van der Waals surface area (Å²) >= 11 is 3.39. The van der Waals surface area contributed by atoms with Crippen LogP contribution in [0.5, 0.6) is 0 Å². The quantitative estimate of drug-likeness (QED) is 0.882. The van der Waals surface area contributed by atoms with Gasteiger partial charge in [-0.1, -0.05) is 6.07 Å². The first kappa shape index (κ1) is 16.2. The maximum Gasteiger partial charge on any atom is 0.274 e. The van der Waals surface area contributed by atoms with E-state index >= 15 is 0 Å². The van der Waals surface area contributed by atoms with Crippen LogP contribution in [-0.2, 0) is 18.3 Å². The number of rotatable bonds is 4. The van der Waals surface area contributed by atoms with Crippen molar-refractivity contribution in [3.63, 3.8) is 0 Å². The second kappa shape index (κ2) is 7.25. The minimum Gasteiger partial charge on any atom is -0.379 e. The molecule has 0 spiro atoms. The summed E-state index contributed by atoms with van der Waals surface area (Å²) in [6, 6.07) is 5.69. The van der Waals surface area contributed by atoms with Gasteiger partial charge in [0.05, 0.1) is 13.2 Å². The van der Waals surface area contributed by atoms with E-state index < -0.39 is 0 Å². The van der Waals surface area contributed by atoms with Gasteiger partial charge in [0.2, 0.25) is 0 Å². The Morgan fingerprint density at radius 2 is 2.13 bits per heavy atom. The highest BCUT2D eigenvalue weighted by molar-refractivity contribution is 9.10. The number of nitrogens with one attached hydrogen (secondary N) is 1. The average molecular weight is 379 g/mol. The molecule has 0 amide bonds. The molecule has 2 aromatic rings. The number of aromatic nitrogens is 2. The molecule has 7 heteroatoms. The molecule has 0 unspecified atom stereocenters. The van der Waals surface area contributed by atoms with E-state index in [0.717, 1.165) is 42.9 Å². The first-order chi connectivity index (χ1) is 11.1. The molecule has 1 saturated heterocycles. The van der Waals surface area contributed by atoms with Gasteiger partial charge in [0.25, 0.3) is 5.56 Å². The van der Waals surface area contributed by atoms with Crippen molar-refractivity contribution in [1.29, 1.82) is 0 Å². The van der Waals surface area contributed by atoms with Gasteiger partial charge >= 0.3 is 0 Å². The summed E-state index contributed by atoms with van der Waals surface area (Å²) in [5, 5.41) is 3.08. The lowest BCUT2D eigenvalue weighted by atomic mass is 10.2. The molecule has 1 aliphatic rings. The fraction of sp³-hybridized carbons (Fsp3) is 0.375. The number of anilines is 2. The Balaban J connectivity index is 1.69. The molecule has 1 aliphatic heterocycles. The molecule has 0 saturated carbocycles. The van der Waals surface area contributed by atoms with E-state index in [1.807, 2.05) is 18.3 Å². The third kappa shape index (κ3) is 4.19. The molecule has 1 N–H and O–H groups in total. The summed E-state index contributed by atoms with van der Waals surface area (Å²) in [6.45, 7) is 4.36. The Kier molecular flexibility index (Phi) is 5.09. The van der Waals surface area contributed by atoms with Crippen LogP contribution in [-0.4, -0.2) is 40.8 Å². The highest BCUT2D eigenvalue weighted by Crippen LogP contribution is 2.16. The van der Waals surface area contributed by atoms with Crippen LogP contribution in [0.2, 0.25) is 0 Å². The Hall–Kier alpha value is -1.70. The molecule has 3 heterocycles. The lowest BCUT2D eigenvalue weighted by molar-refractivity contribution is 0.0341. The zero-order chi connectivity index (χ0) is 16.2. The van der Waals surface area contributed by atoms with Crippen molar-refractivity contribution in [2.75, 3.05) is 31.6 Å². The van der Waals surface area contributed by atoms with Crippen molar-refractivity contribution in [2.24, 2.45) is 7.05 Å². The average Bonchev–Trinajstić information content (AvgIpc) is 2.55. The molecule has 0 radical (unpaired) electrons. The summed E-state index contributed by atoms with van der Waals surface area (Å²) in [7, 11) is 1.72. The predicted octanol–water partition coefficient (Wildman–Crippen LogP) is 2.12. The summed E-state index contributed by atoms with van der Waals surface area (Å²) in [4.78, 5) is 18.8. The van der Waals surface area contributed by atoms with Crippen molar-refractivity contribution in [3.05, 3.63) is 51.0 Å². The van der Waals surface area contributed by atoms with Crippen molar-refractivity contribution >= 4 is 27.4 Å². The highest BCUT2D eigenvalue weighted by Gasteiger charge is 2.11. The van der Waals surface area contributed by atoms with Crippen LogP contribution in [0.25, 0.3) is 0 Å². The molecular formula is C16H19BrN4O2. The van der Waals surface area contributed by atoms with Gasteiger partial charge in [0.15, 0.2) is 0 Å². The molecular weight excluding hydrogens is 360 g/mol. The van der Waals surface area contributed by atoms with Gasteiger partial charge in [-0.15, -0.1) is 0 Å². The first-order valence-corrected chi connectivity index (χ1v) is 8.29. The Bertz CT molecular complexity index is 724. The van der Waals surface area contributed by atoms with Crippen LogP contribution in [0.15, 0.2) is 39.9 Å². The standard InChI is InChI=1S/C16H19BrN4O2/c1-20-11-13(17)8-14(16(20)22)19-15-3-2-12(9-18-15)10-21-4-6-23-7-5-21/h2-3,8-9,11H,4-7,10H2,1H3,(H,18,19). The normalized spacial score (nSPS) is 15.6. The van der Waals surface area contributed by atoms with E-state index in [-0.39, 0.29) is 5.56 Å². The second-order valence-corrected chi connectivity index (χ2v) is 6.47. The Morgan fingerprint density at radius 3 is 2.83 bits per heavy atom. The molecule has 0 atom stereocenters. The fourth-order valence-corrected chi connectivity index (χ4v) is 3.04. The van der Waals surface area contributed by atoms with Crippen LogP contribution in [0.1, 0.15) is 5.56 Å². The van der Waals surface area contributed by atoms with Gasteiger partial charge in [-0.05, 0) is 33.6 Å². The topological polar surface area (TPSA) is 59.4 Å². The number of halogens is 1. The van der Waals surface area contributed by atoms with Gasteiger partial charge in [0.1, 0.15) is 11.5 Å². The lowest BCUT2D eigenvalue weighted by Crippen LogP contribution is -2.35. The molecule has 1 fully saturated rings. The van der Waals surface area contributed by atoms with Crippen molar-refractivity contribution in [1.82, 2.24) is 14.5 Å². The minimum absolute atomic E-state index is 0.0904. The number of pyridine rings is 2. The summed E-state index contributed by atoms with van der Waals surface area (Å²) in [6.07, 6.45) is 3.58. The van der Waals surface area contributed by atoms with E-state index in [0.29, 0.717) is 11.5 Å².